The first kappa shape index (κ1) is 15.8. The van der Waals surface area contributed by atoms with Crippen molar-refractivity contribution < 1.29 is 19.4 Å². The normalized spacial score (nSPS) is 17.5. The van der Waals surface area contributed by atoms with Crippen LogP contribution in [0.1, 0.15) is 46.4 Å². The predicted molar refractivity (Wildman–Crippen MR) is 77.2 cm³/mol. The summed E-state index contributed by atoms with van der Waals surface area (Å²) in [5.74, 6) is 0.355. The minimum absolute atomic E-state index is 0.0545. The maximum Gasteiger partial charge on any atom is 0.413 e. The topological polar surface area (TPSA) is 85.6 Å². The van der Waals surface area contributed by atoms with Crippen molar-refractivity contribution in [3.63, 3.8) is 0 Å². The van der Waals surface area contributed by atoms with Gasteiger partial charge < -0.3 is 14.6 Å². The van der Waals surface area contributed by atoms with Gasteiger partial charge in [0.25, 0.3) is 0 Å². The van der Waals surface area contributed by atoms with E-state index in [0.29, 0.717) is 11.5 Å². The lowest BCUT2D eigenvalue weighted by Crippen LogP contribution is -2.48. The van der Waals surface area contributed by atoms with Gasteiger partial charge in [0.05, 0.1) is 18.9 Å². The molecule has 7 heteroatoms. The van der Waals surface area contributed by atoms with E-state index in [-0.39, 0.29) is 19.3 Å². The molecule has 2 heterocycles. The zero-order valence-electron chi connectivity index (χ0n) is 13.1. The van der Waals surface area contributed by atoms with Crippen molar-refractivity contribution in [3.05, 3.63) is 11.8 Å². The number of nitrogens with one attached hydrogen (secondary N) is 1. The molecule has 0 bridgehead atoms. The minimum Gasteiger partial charge on any atom is -0.444 e. The van der Waals surface area contributed by atoms with Crippen LogP contribution in [0.3, 0.4) is 0 Å². The molecule has 0 radical (unpaired) electrons. The van der Waals surface area contributed by atoms with Gasteiger partial charge in [-0.3, -0.25) is 10.00 Å². The quantitative estimate of drug-likeness (QED) is 0.891. The van der Waals surface area contributed by atoms with Gasteiger partial charge in [-0.25, -0.2) is 4.79 Å². The molecule has 2 rings (SSSR count). The number of carbonyl (C=O) groups is 1. The average Bonchev–Trinajstić information content (AvgIpc) is 2.67. The Kier molecular flexibility index (Phi) is 3.99. The van der Waals surface area contributed by atoms with Crippen LogP contribution in [0.4, 0.5) is 10.6 Å². The minimum atomic E-state index is -1.04. The molecule has 1 saturated heterocycles. The lowest BCUT2D eigenvalue weighted by molar-refractivity contribution is -0.189. The third-order valence-corrected chi connectivity index (χ3v) is 3.01. The number of hydrogen-bond donors (Lipinski definition) is 2. The Bertz CT molecular complexity index is 527. The molecule has 2 N–H and O–H groups in total. The Morgan fingerprint density at radius 1 is 1.52 bits per heavy atom. The number of nitrogens with zero attached hydrogens (tertiary/aromatic N) is 2. The molecule has 1 amide bonds. The van der Waals surface area contributed by atoms with Crippen LogP contribution in [-0.4, -0.2) is 39.8 Å². The van der Waals surface area contributed by atoms with Gasteiger partial charge in [0, 0.05) is 12.1 Å². The van der Waals surface area contributed by atoms with E-state index in [1.165, 1.54) is 0 Å². The molecule has 21 heavy (non-hydrogen) atoms. The second kappa shape index (κ2) is 5.31. The van der Waals surface area contributed by atoms with Crippen molar-refractivity contribution in [3.8, 4) is 0 Å². The van der Waals surface area contributed by atoms with Crippen molar-refractivity contribution in [1.29, 1.82) is 0 Å². The van der Waals surface area contributed by atoms with Crippen molar-refractivity contribution in [2.75, 3.05) is 18.5 Å². The third-order valence-electron chi connectivity index (χ3n) is 3.01. The number of ether oxygens (including phenoxy) is 2. The Morgan fingerprint density at radius 3 is 2.57 bits per heavy atom. The first-order valence-corrected chi connectivity index (χ1v) is 7.01. The molecule has 1 aliphatic rings. The fourth-order valence-electron chi connectivity index (χ4n) is 2.05. The highest BCUT2D eigenvalue weighted by Crippen LogP contribution is 2.32. The maximum absolute atomic E-state index is 11.8. The third kappa shape index (κ3) is 3.54. The summed E-state index contributed by atoms with van der Waals surface area (Å²) in [5, 5.41) is 17.3. The van der Waals surface area contributed by atoms with E-state index in [4.69, 9.17) is 9.47 Å². The standard InChI is InChI=1S/C14H23N3O4/c1-9(2)17-10(14(19)7-20-8-14)6-11(16-17)15-12(18)21-13(3,4)5/h6,9,19H,7-8H2,1-5H3,(H,15,16,18). The zero-order chi connectivity index (χ0) is 15.8. The molecule has 0 aromatic carbocycles. The summed E-state index contributed by atoms with van der Waals surface area (Å²) < 4.78 is 12.0. The fourth-order valence-corrected chi connectivity index (χ4v) is 2.05. The van der Waals surface area contributed by atoms with E-state index >= 15 is 0 Å². The number of aromatic nitrogens is 2. The maximum atomic E-state index is 11.8. The zero-order valence-corrected chi connectivity index (χ0v) is 13.1. The predicted octanol–water partition coefficient (Wildman–Crippen LogP) is 2.03. The highest BCUT2D eigenvalue weighted by atomic mass is 16.6. The largest absolute Gasteiger partial charge is 0.444 e. The first-order chi connectivity index (χ1) is 9.61. The molecule has 0 spiro atoms. The molecule has 0 saturated carbocycles. The van der Waals surface area contributed by atoms with Gasteiger partial charge in [-0.1, -0.05) is 0 Å². The Morgan fingerprint density at radius 2 is 2.14 bits per heavy atom. The second-order valence-electron chi connectivity index (χ2n) is 6.60. The van der Waals surface area contributed by atoms with Crippen LogP contribution in [0, 0.1) is 0 Å². The van der Waals surface area contributed by atoms with Gasteiger partial charge >= 0.3 is 6.09 Å². The van der Waals surface area contributed by atoms with E-state index in [1.54, 1.807) is 31.5 Å². The average molecular weight is 297 g/mol. The number of aliphatic hydroxyl groups is 1. The summed E-state index contributed by atoms with van der Waals surface area (Å²) in [6.45, 7) is 9.75. The smallest absolute Gasteiger partial charge is 0.413 e. The van der Waals surface area contributed by atoms with Gasteiger partial charge in [-0.2, -0.15) is 5.10 Å². The fraction of sp³-hybridized carbons (Fsp3) is 0.714. The molecule has 7 nitrogen and oxygen atoms in total. The Labute approximate surface area is 124 Å². The highest BCUT2D eigenvalue weighted by molar-refractivity contribution is 5.83. The van der Waals surface area contributed by atoms with Crippen LogP contribution in [0.25, 0.3) is 0 Å². The molecule has 0 aliphatic carbocycles. The molecule has 0 unspecified atom stereocenters. The summed E-state index contributed by atoms with van der Waals surface area (Å²) in [7, 11) is 0. The molecule has 1 fully saturated rings. The van der Waals surface area contributed by atoms with E-state index in [9.17, 15) is 9.90 Å². The van der Waals surface area contributed by atoms with Crippen LogP contribution in [0.15, 0.2) is 6.07 Å². The SMILES string of the molecule is CC(C)n1nc(NC(=O)OC(C)(C)C)cc1C1(O)COC1. The molecule has 1 aliphatic heterocycles. The van der Waals surface area contributed by atoms with Gasteiger partial charge in [-0.05, 0) is 34.6 Å². The van der Waals surface area contributed by atoms with Crippen LogP contribution in [-0.2, 0) is 15.1 Å². The number of hydrogen-bond acceptors (Lipinski definition) is 5. The number of rotatable bonds is 3. The number of amides is 1. The number of carbonyl (C=O) groups excluding carboxylic acids is 1. The second-order valence-corrected chi connectivity index (χ2v) is 6.60. The summed E-state index contributed by atoms with van der Waals surface area (Å²) in [4.78, 5) is 11.8. The molecular weight excluding hydrogens is 274 g/mol. The van der Waals surface area contributed by atoms with E-state index in [0.717, 1.165) is 0 Å². The molecular formula is C14H23N3O4. The molecule has 118 valence electrons. The van der Waals surface area contributed by atoms with Gasteiger partial charge in [-0.15, -0.1) is 0 Å². The van der Waals surface area contributed by atoms with Gasteiger partial charge in [0.15, 0.2) is 11.4 Å². The Hall–Kier alpha value is -1.60. The van der Waals surface area contributed by atoms with Crippen LogP contribution >= 0.6 is 0 Å². The van der Waals surface area contributed by atoms with Crippen molar-refractivity contribution in [2.45, 2.75) is 51.9 Å². The molecule has 1 aromatic rings. The number of anilines is 1. The van der Waals surface area contributed by atoms with Gasteiger partial charge in [0.1, 0.15) is 5.60 Å². The van der Waals surface area contributed by atoms with Crippen molar-refractivity contribution in [1.82, 2.24) is 9.78 Å². The van der Waals surface area contributed by atoms with Crippen molar-refractivity contribution in [2.24, 2.45) is 0 Å². The lowest BCUT2D eigenvalue weighted by Gasteiger charge is -2.36. The summed E-state index contributed by atoms with van der Waals surface area (Å²) in [6.07, 6.45) is -0.570. The van der Waals surface area contributed by atoms with E-state index in [1.807, 2.05) is 13.8 Å². The van der Waals surface area contributed by atoms with E-state index < -0.39 is 17.3 Å². The first-order valence-electron chi connectivity index (χ1n) is 7.01. The Balaban J connectivity index is 2.18. The van der Waals surface area contributed by atoms with Crippen LogP contribution < -0.4 is 5.32 Å². The van der Waals surface area contributed by atoms with Crippen LogP contribution in [0.2, 0.25) is 0 Å². The van der Waals surface area contributed by atoms with Crippen LogP contribution in [0.5, 0.6) is 0 Å². The van der Waals surface area contributed by atoms with Crippen molar-refractivity contribution >= 4 is 11.9 Å². The van der Waals surface area contributed by atoms with Gasteiger partial charge in [0.2, 0.25) is 0 Å². The summed E-state index contributed by atoms with van der Waals surface area (Å²) in [5.41, 5.74) is -0.978. The summed E-state index contributed by atoms with van der Waals surface area (Å²) >= 11 is 0. The monoisotopic (exact) mass is 297 g/mol. The lowest BCUT2D eigenvalue weighted by atomic mass is 9.97. The molecule has 1 aromatic heterocycles. The summed E-state index contributed by atoms with van der Waals surface area (Å²) in [6, 6.07) is 1.71. The van der Waals surface area contributed by atoms with E-state index in [2.05, 4.69) is 10.4 Å². The highest BCUT2D eigenvalue weighted by Gasteiger charge is 2.42. The molecule has 0 atom stereocenters.